The number of nitro groups is 1. The van der Waals surface area contributed by atoms with E-state index in [9.17, 15) is 30.1 Å². The van der Waals surface area contributed by atoms with Crippen molar-refractivity contribution in [2.45, 2.75) is 12.8 Å². The first-order valence-electron chi connectivity index (χ1n) is 12.8. The monoisotopic (exact) mass is 601 g/mol. The smallest absolute Gasteiger partial charge is 0.296 e. The van der Waals surface area contributed by atoms with Crippen LogP contribution in [0.3, 0.4) is 0 Å². The van der Waals surface area contributed by atoms with Crippen molar-refractivity contribution in [3.8, 4) is 23.3 Å². The standard InChI is InChI=1S/C30H27N5O7S/c1-17-27(29(38)33-19-7-5-4-6-8-19)28(18-9-12-24(36)25(13-18)42-3)21(15-31)30(32-17)43-16-26(37)34-22-11-10-20(41-2)14-23(22)35(39)40/h4-14,28,32,36H,16H2,1-3H3,(H,33,38)(H,34,37). The van der Waals surface area contributed by atoms with Gasteiger partial charge in [0.25, 0.3) is 11.6 Å². The number of phenols is 1. The number of amides is 2. The largest absolute Gasteiger partial charge is 0.504 e. The molecular weight excluding hydrogens is 574 g/mol. The van der Waals surface area contributed by atoms with E-state index in [0.717, 1.165) is 11.8 Å². The minimum Gasteiger partial charge on any atom is -0.504 e. The van der Waals surface area contributed by atoms with Gasteiger partial charge in [-0.05, 0) is 48.9 Å². The molecule has 1 unspecified atom stereocenters. The third-order valence-electron chi connectivity index (χ3n) is 6.48. The maximum absolute atomic E-state index is 13.6. The normalized spacial score (nSPS) is 14.3. The van der Waals surface area contributed by atoms with Gasteiger partial charge in [-0.25, -0.2) is 0 Å². The van der Waals surface area contributed by atoms with E-state index in [1.807, 2.05) is 6.07 Å². The Morgan fingerprint density at radius 2 is 1.84 bits per heavy atom. The number of benzene rings is 3. The molecule has 0 aromatic heterocycles. The predicted molar refractivity (Wildman–Crippen MR) is 162 cm³/mol. The van der Waals surface area contributed by atoms with Gasteiger partial charge in [0, 0.05) is 17.0 Å². The number of allylic oxidation sites excluding steroid dienone is 2. The van der Waals surface area contributed by atoms with Crippen molar-refractivity contribution in [2.24, 2.45) is 0 Å². The molecule has 12 nitrogen and oxygen atoms in total. The van der Waals surface area contributed by atoms with Crippen LogP contribution in [0.1, 0.15) is 18.4 Å². The van der Waals surface area contributed by atoms with Crippen molar-refractivity contribution in [1.29, 1.82) is 5.26 Å². The minimum absolute atomic E-state index is 0.00694. The molecule has 0 spiro atoms. The lowest BCUT2D eigenvalue weighted by atomic mass is 9.82. The Kier molecular flexibility index (Phi) is 9.54. The second-order valence-electron chi connectivity index (χ2n) is 9.18. The summed E-state index contributed by atoms with van der Waals surface area (Å²) in [7, 11) is 2.76. The number of para-hydroxylation sites is 1. The first-order chi connectivity index (χ1) is 20.7. The Balaban J connectivity index is 1.66. The van der Waals surface area contributed by atoms with Crippen LogP contribution in [0.4, 0.5) is 17.1 Å². The fourth-order valence-electron chi connectivity index (χ4n) is 4.47. The number of dihydropyridines is 1. The number of nitriles is 1. The Bertz CT molecular complexity index is 1680. The number of carbonyl (C=O) groups is 2. The van der Waals surface area contributed by atoms with Crippen LogP contribution in [0, 0.1) is 21.4 Å². The molecule has 220 valence electrons. The molecule has 4 N–H and O–H groups in total. The van der Waals surface area contributed by atoms with Gasteiger partial charge in [0.2, 0.25) is 5.91 Å². The van der Waals surface area contributed by atoms with E-state index >= 15 is 0 Å². The molecule has 0 bridgehead atoms. The van der Waals surface area contributed by atoms with Crippen molar-refractivity contribution in [3.63, 3.8) is 0 Å². The molecule has 1 atom stereocenters. The Morgan fingerprint density at radius 1 is 1.09 bits per heavy atom. The van der Waals surface area contributed by atoms with Crippen LogP contribution in [-0.4, -0.2) is 41.8 Å². The Hall–Kier alpha value is -5.48. The first kappa shape index (κ1) is 30.5. The maximum Gasteiger partial charge on any atom is 0.296 e. The van der Waals surface area contributed by atoms with Gasteiger partial charge in [-0.3, -0.25) is 19.7 Å². The predicted octanol–water partition coefficient (Wildman–Crippen LogP) is 5.02. The van der Waals surface area contributed by atoms with E-state index in [4.69, 9.17) is 9.47 Å². The summed E-state index contributed by atoms with van der Waals surface area (Å²) in [4.78, 5) is 37.3. The Morgan fingerprint density at radius 3 is 2.49 bits per heavy atom. The summed E-state index contributed by atoms with van der Waals surface area (Å²) in [6.07, 6.45) is 0. The van der Waals surface area contributed by atoms with E-state index in [0.29, 0.717) is 22.0 Å². The molecule has 0 saturated heterocycles. The lowest BCUT2D eigenvalue weighted by molar-refractivity contribution is -0.384. The van der Waals surface area contributed by atoms with E-state index in [1.54, 1.807) is 43.3 Å². The lowest BCUT2D eigenvalue weighted by Gasteiger charge is -2.30. The third kappa shape index (κ3) is 6.88. The van der Waals surface area contributed by atoms with Crippen molar-refractivity contribution in [3.05, 3.63) is 104 Å². The van der Waals surface area contributed by atoms with E-state index < -0.39 is 22.7 Å². The average molecular weight is 602 g/mol. The summed E-state index contributed by atoms with van der Waals surface area (Å²) in [6.45, 7) is 1.68. The highest BCUT2D eigenvalue weighted by Crippen LogP contribution is 2.43. The summed E-state index contributed by atoms with van der Waals surface area (Å²) in [5, 5.41) is 40.8. The van der Waals surface area contributed by atoms with Gasteiger partial charge in [0.1, 0.15) is 11.4 Å². The zero-order chi connectivity index (χ0) is 31.1. The first-order valence-corrected chi connectivity index (χ1v) is 13.8. The van der Waals surface area contributed by atoms with Crippen molar-refractivity contribution in [2.75, 3.05) is 30.6 Å². The molecule has 2 amide bonds. The number of nitrogens with zero attached hydrogens (tertiary/aromatic N) is 2. The van der Waals surface area contributed by atoms with Gasteiger partial charge in [0.05, 0.1) is 53.6 Å². The van der Waals surface area contributed by atoms with Crippen LogP contribution in [0.15, 0.2) is 88.6 Å². The van der Waals surface area contributed by atoms with Gasteiger partial charge in [-0.2, -0.15) is 5.26 Å². The second kappa shape index (κ2) is 13.5. The quantitative estimate of drug-likeness (QED) is 0.182. The van der Waals surface area contributed by atoms with Gasteiger partial charge >= 0.3 is 0 Å². The Labute approximate surface area is 251 Å². The number of ether oxygens (including phenoxy) is 2. The number of hydrogen-bond acceptors (Lipinski definition) is 10. The minimum atomic E-state index is -0.877. The van der Waals surface area contributed by atoms with E-state index in [2.05, 4.69) is 22.0 Å². The molecule has 3 aromatic rings. The van der Waals surface area contributed by atoms with Crippen LogP contribution in [0.2, 0.25) is 0 Å². The molecule has 4 rings (SSSR count). The van der Waals surface area contributed by atoms with Crippen LogP contribution in [-0.2, 0) is 9.59 Å². The van der Waals surface area contributed by atoms with Crippen LogP contribution < -0.4 is 25.4 Å². The van der Waals surface area contributed by atoms with E-state index in [-0.39, 0.29) is 45.5 Å². The summed E-state index contributed by atoms with van der Waals surface area (Å²) in [5.41, 5.74) is 1.58. The second-order valence-corrected chi connectivity index (χ2v) is 10.2. The SMILES string of the molecule is COc1ccc(NC(=O)CSC2=C(C#N)C(c3ccc(O)c(OC)c3)C(C(=O)Nc3ccccc3)=C(C)N2)c([N+](=O)[O-])c1. The molecule has 0 radical (unpaired) electrons. The number of hydrogen-bond donors (Lipinski definition) is 4. The van der Waals surface area contributed by atoms with Gasteiger partial charge in [-0.1, -0.05) is 36.0 Å². The molecular formula is C30H27N5O7S. The highest BCUT2D eigenvalue weighted by molar-refractivity contribution is 8.03. The van der Waals surface area contributed by atoms with Crippen molar-refractivity contribution in [1.82, 2.24) is 5.32 Å². The van der Waals surface area contributed by atoms with Crippen molar-refractivity contribution < 1.29 is 29.1 Å². The average Bonchev–Trinajstić information content (AvgIpc) is 3.00. The van der Waals surface area contributed by atoms with Gasteiger partial charge in [0.15, 0.2) is 11.5 Å². The van der Waals surface area contributed by atoms with Gasteiger partial charge in [-0.15, -0.1) is 0 Å². The molecule has 43 heavy (non-hydrogen) atoms. The lowest BCUT2D eigenvalue weighted by Crippen LogP contribution is -2.31. The molecule has 3 aromatic carbocycles. The van der Waals surface area contributed by atoms with Crippen LogP contribution in [0.5, 0.6) is 17.2 Å². The number of rotatable bonds is 10. The summed E-state index contributed by atoms with van der Waals surface area (Å²) in [6, 6.07) is 19.6. The zero-order valence-corrected chi connectivity index (χ0v) is 24.2. The van der Waals surface area contributed by atoms with E-state index in [1.165, 1.54) is 38.5 Å². The number of anilines is 2. The number of methoxy groups -OCH3 is 2. The summed E-state index contributed by atoms with van der Waals surface area (Å²) in [5.74, 6) is -1.78. The van der Waals surface area contributed by atoms with Crippen LogP contribution in [0.25, 0.3) is 0 Å². The molecule has 13 heteroatoms. The molecule has 1 aliphatic heterocycles. The molecule has 0 aliphatic carbocycles. The topological polar surface area (TPSA) is 176 Å². The number of aromatic hydroxyl groups is 1. The highest BCUT2D eigenvalue weighted by atomic mass is 32.2. The third-order valence-corrected chi connectivity index (χ3v) is 7.50. The highest BCUT2D eigenvalue weighted by Gasteiger charge is 2.35. The number of phenolic OH excluding ortho intramolecular Hbond substituents is 1. The maximum atomic E-state index is 13.6. The zero-order valence-electron chi connectivity index (χ0n) is 23.3. The molecule has 1 heterocycles. The number of nitrogens with one attached hydrogen (secondary N) is 3. The molecule has 0 saturated carbocycles. The number of thioether (sulfide) groups is 1. The molecule has 0 fully saturated rings. The summed E-state index contributed by atoms with van der Waals surface area (Å²) >= 11 is 1.01. The number of nitro benzene ring substituents is 1. The summed E-state index contributed by atoms with van der Waals surface area (Å²) < 4.78 is 10.3. The number of carbonyl (C=O) groups excluding carboxylic acids is 2. The van der Waals surface area contributed by atoms with Crippen LogP contribution >= 0.6 is 11.8 Å². The van der Waals surface area contributed by atoms with Gasteiger partial charge < -0.3 is 30.5 Å². The molecule has 1 aliphatic rings. The fourth-order valence-corrected chi connectivity index (χ4v) is 5.37. The van der Waals surface area contributed by atoms with Crippen molar-refractivity contribution >= 4 is 40.6 Å². The fraction of sp³-hybridized carbons (Fsp3) is 0.167.